The monoisotopic (exact) mass is 283 g/mol. The Hall–Kier alpha value is -0.240. The molecule has 1 aliphatic carbocycles. The van der Waals surface area contributed by atoms with Crippen molar-refractivity contribution >= 4 is 23.2 Å². The van der Waals surface area contributed by atoms with Gasteiger partial charge in [0.1, 0.15) is 0 Å². The highest BCUT2D eigenvalue weighted by molar-refractivity contribution is 6.35. The van der Waals surface area contributed by atoms with Gasteiger partial charge in [0.15, 0.2) is 0 Å². The largest absolute Gasteiger partial charge is 0.298 e. The van der Waals surface area contributed by atoms with E-state index in [9.17, 15) is 0 Å². The predicted octanol–water partition coefficient (Wildman–Crippen LogP) is 4.76. The van der Waals surface area contributed by atoms with Crippen LogP contribution in [-0.4, -0.2) is 18.0 Å². The molecule has 0 radical (unpaired) electrons. The molecule has 2 fully saturated rings. The van der Waals surface area contributed by atoms with Crippen LogP contribution in [0.5, 0.6) is 0 Å². The lowest BCUT2D eigenvalue weighted by molar-refractivity contribution is 0.256. The van der Waals surface area contributed by atoms with Crippen LogP contribution in [0.2, 0.25) is 10.0 Å². The second-order valence-corrected chi connectivity index (χ2v) is 6.75. The maximum Gasteiger partial charge on any atom is 0.0465 e. The molecule has 1 aromatic rings. The third kappa shape index (κ3) is 2.54. The van der Waals surface area contributed by atoms with Crippen LogP contribution in [0.25, 0.3) is 0 Å². The molecule has 1 heterocycles. The van der Waals surface area contributed by atoms with Crippen LogP contribution in [0.15, 0.2) is 18.2 Å². The summed E-state index contributed by atoms with van der Waals surface area (Å²) in [5, 5.41) is 1.52. The van der Waals surface area contributed by atoms with E-state index < -0.39 is 0 Å². The van der Waals surface area contributed by atoms with Crippen molar-refractivity contribution < 1.29 is 0 Å². The molecule has 1 saturated carbocycles. The molecule has 1 saturated heterocycles. The number of halogens is 2. The Kier molecular flexibility index (Phi) is 3.57. The van der Waals surface area contributed by atoms with Gasteiger partial charge in [-0.2, -0.15) is 0 Å². The molecule has 98 valence electrons. The van der Waals surface area contributed by atoms with Crippen LogP contribution in [-0.2, 0) is 6.54 Å². The standard InChI is InChI=1S/C15H19Cl2N/c16-13-4-3-12(14(17)9-13)10-18-8-7-15(11-18)5-1-2-6-15/h3-4,9H,1-2,5-8,10-11H2. The molecule has 3 heteroatoms. The van der Waals surface area contributed by atoms with Gasteiger partial charge in [-0.1, -0.05) is 42.1 Å². The number of benzene rings is 1. The quantitative estimate of drug-likeness (QED) is 0.756. The molecule has 2 aliphatic rings. The molecule has 1 spiro atoms. The van der Waals surface area contributed by atoms with E-state index in [0.29, 0.717) is 5.41 Å². The summed E-state index contributed by atoms with van der Waals surface area (Å²) in [5.41, 5.74) is 1.84. The van der Waals surface area contributed by atoms with Crippen molar-refractivity contribution in [3.8, 4) is 0 Å². The molecule has 0 bridgehead atoms. The summed E-state index contributed by atoms with van der Waals surface area (Å²) in [6.07, 6.45) is 7.08. The van der Waals surface area contributed by atoms with Gasteiger partial charge in [-0.3, -0.25) is 4.90 Å². The SMILES string of the molecule is Clc1ccc(CN2CCC3(CCCC3)C2)c(Cl)c1. The first kappa shape index (κ1) is 12.8. The molecule has 0 amide bonds. The van der Waals surface area contributed by atoms with Crippen LogP contribution < -0.4 is 0 Å². The number of rotatable bonds is 2. The van der Waals surface area contributed by atoms with E-state index in [4.69, 9.17) is 23.2 Å². The summed E-state index contributed by atoms with van der Waals surface area (Å²) >= 11 is 12.2. The van der Waals surface area contributed by atoms with Gasteiger partial charge in [0.25, 0.3) is 0 Å². The first-order chi connectivity index (χ1) is 8.67. The van der Waals surface area contributed by atoms with E-state index in [2.05, 4.69) is 11.0 Å². The Labute approximate surface area is 119 Å². The van der Waals surface area contributed by atoms with Crippen LogP contribution >= 0.6 is 23.2 Å². The van der Waals surface area contributed by atoms with Crippen molar-refractivity contribution in [1.82, 2.24) is 4.90 Å². The van der Waals surface area contributed by atoms with E-state index in [1.54, 1.807) is 0 Å². The predicted molar refractivity (Wildman–Crippen MR) is 77.3 cm³/mol. The highest BCUT2D eigenvalue weighted by Crippen LogP contribution is 2.45. The summed E-state index contributed by atoms with van der Waals surface area (Å²) in [4.78, 5) is 2.56. The van der Waals surface area contributed by atoms with Crippen LogP contribution in [0.3, 0.4) is 0 Å². The highest BCUT2D eigenvalue weighted by Gasteiger charge is 2.39. The minimum absolute atomic E-state index is 0.638. The molecule has 0 unspecified atom stereocenters. The average molecular weight is 284 g/mol. The van der Waals surface area contributed by atoms with Gasteiger partial charge in [-0.25, -0.2) is 0 Å². The number of nitrogens with zero attached hydrogens (tertiary/aromatic N) is 1. The Morgan fingerprint density at radius 3 is 2.61 bits per heavy atom. The van der Waals surface area contributed by atoms with Gasteiger partial charge in [0.2, 0.25) is 0 Å². The van der Waals surface area contributed by atoms with Crippen LogP contribution in [0.4, 0.5) is 0 Å². The minimum atomic E-state index is 0.638. The Balaban J connectivity index is 1.67. The third-order valence-electron chi connectivity index (χ3n) is 4.59. The molecule has 18 heavy (non-hydrogen) atoms. The van der Waals surface area contributed by atoms with Gasteiger partial charge in [0, 0.05) is 23.1 Å². The van der Waals surface area contributed by atoms with Gasteiger partial charge in [-0.15, -0.1) is 0 Å². The molecular weight excluding hydrogens is 265 g/mol. The second-order valence-electron chi connectivity index (χ2n) is 5.90. The minimum Gasteiger partial charge on any atom is -0.298 e. The van der Waals surface area contributed by atoms with Crippen molar-refractivity contribution in [3.63, 3.8) is 0 Å². The van der Waals surface area contributed by atoms with E-state index in [-0.39, 0.29) is 0 Å². The van der Waals surface area contributed by atoms with Gasteiger partial charge < -0.3 is 0 Å². The smallest absolute Gasteiger partial charge is 0.0465 e. The number of hydrogen-bond acceptors (Lipinski definition) is 1. The molecule has 1 aliphatic heterocycles. The summed E-state index contributed by atoms with van der Waals surface area (Å²) in [6.45, 7) is 3.45. The topological polar surface area (TPSA) is 3.24 Å². The fourth-order valence-corrected chi connectivity index (χ4v) is 4.05. The molecule has 0 aromatic heterocycles. The van der Waals surface area contributed by atoms with Crippen LogP contribution in [0, 0.1) is 5.41 Å². The zero-order valence-corrected chi connectivity index (χ0v) is 12.1. The maximum atomic E-state index is 6.25. The van der Waals surface area contributed by atoms with E-state index in [1.807, 2.05) is 12.1 Å². The van der Waals surface area contributed by atoms with Gasteiger partial charge >= 0.3 is 0 Å². The lowest BCUT2D eigenvalue weighted by atomic mass is 9.86. The maximum absolute atomic E-state index is 6.25. The molecular formula is C15H19Cl2N. The van der Waals surface area contributed by atoms with E-state index in [0.717, 1.165) is 16.6 Å². The van der Waals surface area contributed by atoms with Crippen molar-refractivity contribution in [2.45, 2.75) is 38.6 Å². The highest BCUT2D eigenvalue weighted by atomic mass is 35.5. The summed E-state index contributed by atoms with van der Waals surface area (Å²) in [6, 6.07) is 5.84. The van der Waals surface area contributed by atoms with Gasteiger partial charge in [-0.05, 0) is 48.9 Å². The molecule has 0 N–H and O–H groups in total. The lowest BCUT2D eigenvalue weighted by Gasteiger charge is -2.23. The summed E-state index contributed by atoms with van der Waals surface area (Å²) in [5.74, 6) is 0. The Bertz CT molecular complexity index is 438. The van der Waals surface area contributed by atoms with E-state index >= 15 is 0 Å². The first-order valence-corrected chi connectivity index (χ1v) is 7.59. The zero-order chi connectivity index (χ0) is 12.6. The third-order valence-corrected chi connectivity index (χ3v) is 5.18. The number of likely N-dealkylation sites (tertiary alicyclic amines) is 1. The fraction of sp³-hybridized carbons (Fsp3) is 0.600. The molecule has 1 nitrogen and oxygen atoms in total. The van der Waals surface area contributed by atoms with Crippen molar-refractivity contribution in [2.24, 2.45) is 5.41 Å². The van der Waals surface area contributed by atoms with E-state index in [1.165, 1.54) is 50.8 Å². The van der Waals surface area contributed by atoms with Crippen molar-refractivity contribution in [2.75, 3.05) is 13.1 Å². The number of hydrogen-bond donors (Lipinski definition) is 0. The Morgan fingerprint density at radius 2 is 1.89 bits per heavy atom. The van der Waals surface area contributed by atoms with Crippen molar-refractivity contribution in [1.29, 1.82) is 0 Å². The fourth-order valence-electron chi connectivity index (χ4n) is 3.59. The normalized spacial score (nSPS) is 23.0. The molecule has 0 atom stereocenters. The van der Waals surface area contributed by atoms with Gasteiger partial charge in [0.05, 0.1) is 0 Å². The first-order valence-electron chi connectivity index (χ1n) is 6.83. The summed E-state index contributed by atoms with van der Waals surface area (Å²) < 4.78 is 0. The second kappa shape index (κ2) is 5.03. The summed E-state index contributed by atoms with van der Waals surface area (Å²) in [7, 11) is 0. The Morgan fingerprint density at radius 1 is 1.11 bits per heavy atom. The zero-order valence-electron chi connectivity index (χ0n) is 10.6. The molecule has 1 aromatic carbocycles. The lowest BCUT2D eigenvalue weighted by Crippen LogP contribution is -2.24. The molecule has 3 rings (SSSR count). The average Bonchev–Trinajstić information content (AvgIpc) is 2.94. The van der Waals surface area contributed by atoms with Crippen molar-refractivity contribution in [3.05, 3.63) is 33.8 Å². The van der Waals surface area contributed by atoms with Crippen LogP contribution in [0.1, 0.15) is 37.7 Å².